The number of rotatable bonds is 5. The minimum Gasteiger partial charge on any atom is -0.505 e. The summed E-state index contributed by atoms with van der Waals surface area (Å²) in [6, 6.07) is 16.2. The standard InChI is InChI=1S/C25H25N5O4/c1-34-20(31)14-26-25(33)22-23(32)18-8-5-9-19(21(18)24-27-15-28-30(22)24)29-12-10-17(11-13-29)16-6-3-2-4-7-16/h2-9,15,17,32H,10-14H2,1H3,(H,26,33). The molecule has 4 aromatic rings. The second-order valence-corrected chi connectivity index (χ2v) is 8.32. The van der Waals surface area contributed by atoms with E-state index in [0.29, 0.717) is 17.0 Å². The highest BCUT2D eigenvalue weighted by Gasteiger charge is 2.27. The number of aromatic nitrogens is 3. The lowest BCUT2D eigenvalue weighted by atomic mass is 9.89. The Kier molecular flexibility index (Phi) is 5.75. The van der Waals surface area contributed by atoms with Crippen LogP contribution >= 0.6 is 0 Å². The molecule has 0 unspecified atom stereocenters. The van der Waals surface area contributed by atoms with Crippen molar-refractivity contribution in [3.05, 3.63) is 66.1 Å². The van der Waals surface area contributed by atoms with Crippen LogP contribution in [0.1, 0.15) is 34.8 Å². The number of hydrogen-bond donors (Lipinski definition) is 2. The van der Waals surface area contributed by atoms with Gasteiger partial charge in [0.2, 0.25) is 0 Å². The van der Waals surface area contributed by atoms with E-state index >= 15 is 0 Å². The van der Waals surface area contributed by atoms with E-state index < -0.39 is 11.9 Å². The number of pyridine rings is 1. The average molecular weight is 460 g/mol. The van der Waals surface area contributed by atoms with E-state index in [0.717, 1.165) is 37.0 Å². The first kappa shape index (κ1) is 21.7. The molecule has 1 fully saturated rings. The maximum absolute atomic E-state index is 12.8. The van der Waals surface area contributed by atoms with Gasteiger partial charge in [0.25, 0.3) is 5.91 Å². The molecule has 0 atom stereocenters. The van der Waals surface area contributed by atoms with Crippen molar-refractivity contribution >= 4 is 34.0 Å². The number of nitrogens with zero attached hydrogens (tertiary/aromatic N) is 4. The number of benzene rings is 2. The second-order valence-electron chi connectivity index (χ2n) is 8.32. The number of methoxy groups -OCH3 is 1. The summed E-state index contributed by atoms with van der Waals surface area (Å²) < 4.78 is 5.90. The Labute approximate surface area is 196 Å². The van der Waals surface area contributed by atoms with Crippen molar-refractivity contribution in [2.24, 2.45) is 0 Å². The van der Waals surface area contributed by atoms with Crippen LogP contribution in [-0.4, -0.2) is 58.3 Å². The molecule has 174 valence electrons. The maximum Gasteiger partial charge on any atom is 0.325 e. The summed E-state index contributed by atoms with van der Waals surface area (Å²) in [6.45, 7) is 1.40. The highest BCUT2D eigenvalue weighted by molar-refractivity contribution is 6.11. The van der Waals surface area contributed by atoms with Gasteiger partial charge in [-0.05, 0) is 30.4 Å². The Hall–Kier alpha value is -4.14. The summed E-state index contributed by atoms with van der Waals surface area (Å²) in [6.07, 6.45) is 3.39. The van der Waals surface area contributed by atoms with E-state index in [1.165, 1.54) is 23.5 Å². The summed E-state index contributed by atoms with van der Waals surface area (Å²) in [5, 5.41) is 19.0. The van der Waals surface area contributed by atoms with E-state index in [4.69, 9.17) is 0 Å². The van der Waals surface area contributed by atoms with Crippen LogP contribution < -0.4 is 10.2 Å². The largest absolute Gasteiger partial charge is 0.505 e. The lowest BCUT2D eigenvalue weighted by molar-refractivity contribution is -0.139. The third-order valence-corrected chi connectivity index (χ3v) is 6.45. The first-order valence-electron chi connectivity index (χ1n) is 11.2. The minimum atomic E-state index is -0.644. The number of esters is 1. The average Bonchev–Trinajstić information content (AvgIpc) is 3.37. The number of carbonyl (C=O) groups excluding carboxylic acids is 2. The Morgan fingerprint density at radius 1 is 1.12 bits per heavy atom. The van der Waals surface area contributed by atoms with Gasteiger partial charge in [-0.1, -0.05) is 42.5 Å². The van der Waals surface area contributed by atoms with Gasteiger partial charge in [0.1, 0.15) is 12.9 Å². The monoisotopic (exact) mass is 459 g/mol. The predicted octanol–water partition coefficient (Wildman–Crippen LogP) is 2.87. The summed E-state index contributed by atoms with van der Waals surface area (Å²) in [7, 11) is 1.24. The zero-order valence-electron chi connectivity index (χ0n) is 18.8. The van der Waals surface area contributed by atoms with Crippen LogP contribution in [0.4, 0.5) is 5.69 Å². The van der Waals surface area contributed by atoms with Gasteiger partial charge >= 0.3 is 5.97 Å². The molecule has 0 radical (unpaired) electrons. The first-order valence-corrected chi connectivity index (χ1v) is 11.2. The van der Waals surface area contributed by atoms with Crippen molar-refractivity contribution in [1.29, 1.82) is 0 Å². The topological polar surface area (TPSA) is 109 Å². The van der Waals surface area contributed by atoms with Crippen molar-refractivity contribution in [3.8, 4) is 5.75 Å². The molecule has 0 spiro atoms. The van der Waals surface area contributed by atoms with Crippen LogP contribution in [0.5, 0.6) is 5.75 Å². The predicted molar refractivity (Wildman–Crippen MR) is 127 cm³/mol. The van der Waals surface area contributed by atoms with Crippen LogP contribution in [0.15, 0.2) is 54.9 Å². The smallest absolute Gasteiger partial charge is 0.325 e. The van der Waals surface area contributed by atoms with Crippen LogP contribution in [0, 0.1) is 0 Å². The number of piperidine rings is 1. The first-order chi connectivity index (χ1) is 16.6. The highest BCUT2D eigenvalue weighted by atomic mass is 16.5. The molecular formula is C25H25N5O4. The van der Waals surface area contributed by atoms with Crippen LogP contribution in [0.25, 0.3) is 16.4 Å². The summed E-state index contributed by atoms with van der Waals surface area (Å²) in [5.41, 5.74) is 2.69. The molecule has 2 aromatic carbocycles. The molecule has 2 N–H and O–H groups in total. The summed E-state index contributed by atoms with van der Waals surface area (Å²) >= 11 is 0. The number of anilines is 1. The number of nitrogens with one attached hydrogen (secondary N) is 1. The Morgan fingerprint density at radius 3 is 2.62 bits per heavy atom. The van der Waals surface area contributed by atoms with Gasteiger partial charge in [0.05, 0.1) is 12.5 Å². The summed E-state index contributed by atoms with van der Waals surface area (Å²) in [4.78, 5) is 31.0. The molecular weight excluding hydrogens is 434 g/mol. The SMILES string of the molecule is COC(=O)CNC(=O)c1c(O)c2cccc(N3CCC(c4ccccc4)CC3)c2c2ncnn12. The minimum absolute atomic E-state index is 0.0798. The number of aromatic hydroxyl groups is 1. The van der Waals surface area contributed by atoms with Gasteiger partial charge in [0.15, 0.2) is 17.1 Å². The molecule has 1 amide bonds. The third-order valence-electron chi connectivity index (χ3n) is 6.45. The highest BCUT2D eigenvalue weighted by Crippen LogP contribution is 2.39. The number of ether oxygens (including phenoxy) is 1. The number of amides is 1. The van der Waals surface area contributed by atoms with Crippen molar-refractivity contribution < 1.29 is 19.4 Å². The molecule has 1 aliphatic heterocycles. The zero-order valence-corrected chi connectivity index (χ0v) is 18.8. The van der Waals surface area contributed by atoms with Crippen LogP contribution in [0.3, 0.4) is 0 Å². The fraction of sp³-hybridized carbons (Fsp3) is 0.280. The lowest BCUT2D eigenvalue weighted by Crippen LogP contribution is -2.33. The van der Waals surface area contributed by atoms with E-state index in [1.807, 2.05) is 18.2 Å². The molecule has 1 saturated heterocycles. The molecule has 1 aliphatic rings. The van der Waals surface area contributed by atoms with Crippen molar-refractivity contribution in [2.75, 3.05) is 31.6 Å². The van der Waals surface area contributed by atoms with E-state index in [-0.39, 0.29) is 18.0 Å². The zero-order chi connectivity index (χ0) is 23.7. The van der Waals surface area contributed by atoms with Gasteiger partial charge < -0.3 is 20.1 Å². The number of carbonyl (C=O) groups is 2. The third kappa shape index (κ3) is 3.79. The van der Waals surface area contributed by atoms with Crippen molar-refractivity contribution in [2.45, 2.75) is 18.8 Å². The van der Waals surface area contributed by atoms with Gasteiger partial charge in [-0.2, -0.15) is 5.10 Å². The molecule has 2 aromatic heterocycles. The fourth-order valence-corrected chi connectivity index (χ4v) is 4.73. The molecule has 0 aliphatic carbocycles. The molecule has 0 saturated carbocycles. The molecule has 9 heteroatoms. The van der Waals surface area contributed by atoms with Gasteiger partial charge in [0, 0.05) is 24.2 Å². The van der Waals surface area contributed by atoms with Gasteiger partial charge in [-0.15, -0.1) is 0 Å². The van der Waals surface area contributed by atoms with Crippen LogP contribution in [-0.2, 0) is 9.53 Å². The van der Waals surface area contributed by atoms with Crippen LogP contribution in [0.2, 0.25) is 0 Å². The normalized spacial score (nSPS) is 14.4. The number of hydrogen-bond acceptors (Lipinski definition) is 7. The molecule has 3 heterocycles. The Balaban J connectivity index is 1.51. The quantitative estimate of drug-likeness (QED) is 0.442. The molecule has 5 rings (SSSR count). The molecule has 34 heavy (non-hydrogen) atoms. The summed E-state index contributed by atoms with van der Waals surface area (Å²) in [5.74, 6) is -0.936. The fourth-order valence-electron chi connectivity index (χ4n) is 4.73. The molecule has 9 nitrogen and oxygen atoms in total. The van der Waals surface area contributed by atoms with Crippen molar-refractivity contribution in [3.63, 3.8) is 0 Å². The Bertz CT molecular complexity index is 1360. The van der Waals surface area contributed by atoms with E-state index in [9.17, 15) is 14.7 Å². The van der Waals surface area contributed by atoms with E-state index in [1.54, 1.807) is 6.07 Å². The number of fused-ring (bicyclic) bond motifs is 3. The maximum atomic E-state index is 12.8. The van der Waals surface area contributed by atoms with Gasteiger partial charge in [-0.3, -0.25) is 9.59 Å². The van der Waals surface area contributed by atoms with Crippen molar-refractivity contribution in [1.82, 2.24) is 19.9 Å². The lowest BCUT2D eigenvalue weighted by Gasteiger charge is -2.34. The molecule has 0 bridgehead atoms. The Morgan fingerprint density at radius 2 is 1.88 bits per heavy atom. The van der Waals surface area contributed by atoms with E-state index in [2.05, 4.69) is 49.3 Å². The van der Waals surface area contributed by atoms with Gasteiger partial charge in [-0.25, -0.2) is 9.50 Å². The second kappa shape index (κ2) is 9.01.